The van der Waals surface area contributed by atoms with Crippen molar-refractivity contribution in [3.63, 3.8) is 0 Å². The van der Waals surface area contributed by atoms with Crippen molar-refractivity contribution in [3.05, 3.63) is 0 Å². The molecule has 96 valence electrons. The molecule has 1 aliphatic carbocycles. The minimum absolute atomic E-state index is 0.188. The Kier molecular flexibility index (Phi) is 6.31. The van der Waals surface area contributed by atoms with Crippen molar-refractivity contribution in [2.75, 3.05) is 25.4 Å². The molecule has 0 heterocycles. The summed E-state index contributed by atoms with van der Waals surface area (Å²) in [6.45, 7) is 3.81. The lowest BCUT2D eigenvalue weighted by molar-refractivity contribution is 0.345. The molecule has 0 bridgehead atoms. The maximum absolute atomic E-state index is 11.3. The summed E-state index contributed by atoms with van der Waals surface area (Å²) in [5, 5.41) is 3.25. The Labute approximate surface area is 99.2 Å². The van der Waals surface area contributed by atoms with Gasteiger partial charge in [-0.25, -0.2) is 13.1 Å². The third kappa shape index (κ3) is 5.82. The van der Waals surface area contributed by atoms with E-state index in [-0.39, 0.29) is 5.75 Å². The van der Waals surface area contributed by atoms with Crippen molar-refractivity contribution in [1.29, 1.82) is 0 Å². The minimum atomic E-state index is -3.05. The van der Waals surface area contributed by atoms with Crippen LogP contribution in [0.3, 0.4) is 0 Å². The van der Waals surface area contributed by atoms with Gasteiger partial charge < -0.3 is 5.32 Å². The lowest BCUT2D eigenvalue weighted by atomic mass is 9.89. The highest BCUT2D eigenvalue weighted by molar-refractivity contribution is 7.89. The molecule has 2 N–H and O–H groups in total. The van der Waals surface area contributed by atoms with Crippen molar-refractivity contribution in [2.24, 2.45) is 5.92 Å². The van der Waals surface area contributed by atoms with Crippen LogP contribution in [0.15, 0.2) is 0 Å². The van der Waals surface area contributed by atoms with E-state index in [1.807, 2.05) is 0 Å². The van der Waals surface area contributed by atoms with Gasteiger partial charge in [0.05, 0.1) is 5.75 Å². The van der Waals surface area contributed by atoms with Crippen LogP contribution >= 0.6 is 0 Å². The molecule has 0 aliphatic heterocycles. The largest absolute Gasteiger partial charge is 0.315 e. The average molecular weight is 248 g/mol. The Balaban J connectivity index is 2.06. The highest BCUT2D eigenvalue weighted by atomic mass is 32.2. The van der Waals surface area contributed by atoms with Crippen LogP contribution in [0.2, 0.25) is 0 Å². The zero-order chi connectivity index (χ0) is 11.9. The van der Waals surface area contributed by atoms with E-state index in [0.717, 1.165) is 12.5 Å². The highest BCUT2D eigenvalue weighted by Crippen LogP contribution is 2.22. The second-order valence-corrected chi connectivity index (χ2v) is 6.45. The van der Waals surface area contributed by atoms with Crippen LogP contribution in [0.5, 0.6) is 0 Å². The standard InChI is InChI=1S/C11H24N2O2S/c1-2-13-16(14,15)9-8-12-10-11-6-4-3-5-7-11/h11-13H,2-10H2,1H3. The zero-order valence-corrected chi connectivity index (χ0v) is 11.0. The van der Waals surface area contributed by atoms with Gasteiger partial charge in [0.15, 0.2) is 0 Å². The first-order chi connectivity index (χ1) is 7.64. The summed E-state index contributed by atoms with van der Waals surface area (Å²) in [4.78, 5) is 0. The molecule has 0 aromatic rings. The summed E-state index contributed by atoms with van der Waals surface area (Å²) in [5.74, 6) is 0.948. The smallest absolute Gasteiger partial charge is 0.212 e. The Morgan fingerprint density at radius 3 is 2.50 bits per heavy atom. The van der Waals surface area contributed by atoms with Crippen LogP contribution in [0, 0.1) is 5.92 Å². The van der Waals surface area contributed by atoms with Gasteiger partial charge in [-0.3, -0.25) is 0 Å². The normalized spacial score (nSPS) is 18.8. The van der Waals surface area contributed by atoms with E-state index in [2.05, 4.69) is 10.0 Å². The predicted octanol–water partition coefficient (Wildman–Crippen LogP) is 1.10. The molecule has 4 nitrogen and oxygen atoms in total. The molecule has 0 unspecified atom stereocenters. The number of rotatable bonds is 7. The van der Waals surface area contributed by atoms with Crippen molar-refractivity contribution in [2.45, 2.75) is 39.0 Å². The molecule has 0 amide bonds. The van der Waals surface area contributed by atoms with Crippen molar-refractivity contribution < 1.29 is 8.42 Å². The molecule has 0 aromatic carbocycles. The summed E-state index contributed by atoms with van der Waals surface area (Å²) >= 11 is 0. The Bertz CT molecular complexity index is 272. The first-order valence-corrected chi connectivity index (χ1v) is 7.97. The van der Waals surface area contributed by atoms with Gasteiger partial charge in [0.25, 0.3) is 0 Å². The number of hydrogen-bond acceptors (Lipinski definition) is 3. The van der Waals surface area contributed by atoms with Gasteiger partial charge in [-0.1, -0.05) is 26.2 Å². The van der Waals surface area contributed by atoms with Crippen LogP contribution < -0.4 is 10.0 Å². The molecule has 0 atom stereocenters. The van der Waals surface area contributed by atoms with E-state index < -0.39 is 10.0 Å². The van der Waals surface area contributed by atoms with Crippen LogP contribution in [-0.4, -0.2) is 33.8 Å². The molecular weight excluding hydrogens is 224 g/mol. The maximum atomic E-state index is 11.3. The minimum Gasteiger partial charge on any atom is -0.315 e. The highest BCUT2D eigenvalue weighted by Gasteiger charge is 2.13. The zero-order valence-electron chi connectivity index (χ0n) is 10.2. The van der Waals surface area contributed by atoms with Crippen molar-refractivity contribution >= 4 is 10.0 Å². The predicted molar refractivity (Wildman–Crippen MR) is 66.9 cm³/mol. The van der Waals surface area contributed by atoms with Crippen LogP contribution in [0.25, 0.3) is 0 Å². The van der Waals surface area contributed by atoms with E-state index in [4.69, 9.17) is 0 Å². The number of hydrogen-bond donors (Lipinski definition) is 2. The van der Waals surface area contributed by atoms with Gasteiger partial charge in [0.1, 0.15) is 0 Å². The monoisotopic (exact) mass is 248 g/mol. The van der Waals surface area contributed by atoms with Crippen LogP contribution in [-0.2, 0) is 10.0 Å². The third-order valence-corrected chi connectivity index (χ3v) is 4.54. The topological polar surface area (TPSA) is 58.2 Å². The van der Waals surface area contributed by atoms with Crippen molar-refractivity contribution in [1.82, 2.24) is 10.0 Å². The summed E-state index contributed by atoms with van der Waals surface area (Å²) < 4.78 is 25.2. The molecule has 1 rings (SSSR count). The van der Waals surface area contributed by atoms with E-state index in [0.29, 0.717) is 13.1 Å². The molecule has 1 saturated carbocycles. The molecule has 0 spiro atoms. The molecular formula is C11H24N2O2S. The van der Waals surface area contributed by atoms with E-state index in [9.17, 15) is 8.42 Å². The van der Waals surface area contributed by atoms with Gasteiger partial charge in [0, 0.05) is 13.1 Å². The molecule has 0 radical (unpaired) electrons. The number of nitrogens with one attached hydrogen (secondary N) is 2. The van der Waals surface area contributed by atoms with E-state index >= 15 is 0 Å². The van der Waals surface area contributed by atoms with E-state index in [1.165, 1.54) is 32.1 Å². The van der Waals surface area contributed by atoms with Gasteiger partial charge in [-0.05, 0) is 25.3 Å². The Hall–Kier alpha value is -0.130. The van der Waals surface area contributed by atoms with Crippen LogP contribution in [0.1, 0.15) is 39.0 Å². The molecule has 16 heavy (non-hydrogen) atoms. The van der Waals surface area contributed by atoms with Gasteiger partial charge in [0.2, 0.25) is 10.0 Å². The lowest BCUT2D eigenvalue weighted by Gasteiger charge is -2.21. The quantitative estimate of drug-likeness (QED) is 0.663. The molecule has 5 heteroatoms. The maximum Gasteiger partial charge on any atom is 0.212 e. The summed E-state index contributed by atoms with van der Waals surface area (Å²) in [5.41, 5.74) is 0. The fourth-order valence-corrected chi connectivity index (χ4v) is 3.19. The van der Waals surface area contributed by atoms with E-state index in [1.54, 1.807) is 6.92 Å². The second-order valence-electron chi connectivity index (χ2n) is 4.52. The average Bonchev–Trinajstić information content (AvgIpc) is 2.26. The third-order valence-electron chi connectivity index (χ3n) is 3.07. The fourth-order valence-electron chi connectivity index (χ4n) is 2.20. The SMILES string of the molecule is CCNS(=O)(=O)CCNCC1CCCCC1. The van der Waals surface area contributed by atoms with Gasteiger partial charge >= 0.3 is 0 Å². The second kappa shape index (κ2) is 7.25. The van der Waals surface area contributed by atoms with Gasteiger partial charge in [-0.2, -0.15) is 0 Å². The molecule has 0 saturated heterocycles. The van der Waals surface area contributed by atoms with Gasteiger partial charge in [-0.15, -0.1) is 0 Å². The molecule has 1 aliphatic rings. The Morgan fingerprint density at radius 2 is 1.88 bits per heavy atom. The lowest BCUT2D eigenvalue weighted by Crippen LogP contribution is -2.34. The number of sulfonamides is 1. The first kappa shape index (κ1) is 13.9. The van der Waals surface area contributed by atoms with Crippen molar-refractivity contribution in [3.8, 4) is 0 Å². The molecule has 0 aromatic heterocycles. The van der Waals surface area contributed by atoms with Crippen LogP contribution in [0.4, 0.5) is 0 Å². The summed E-state index contributed by atoms with van der Waals surface area (Å²) in [6.07, 6.45) is 6.63. The fraction of sp³-hybridized carbons (Fsp3) is 1.00. The first-order valence-electron chi connectivity index (χ1n) is 6.32. The summed E-state index contributed by atoms with van der Waals surface area (Å²) in [6, 6.07) is 0. The summed E-state index contributed by atoms with van der Waals surface area (Å²) in [7, 11) is -3.05. The Morgan fingerprint density at radius 1 is 1.19 bits per heavy atom. The molecule has 1 fully saturated rings.